The van der Waals surface area contributed by atoms with Gasteiger partial charge < -0.3 is 15.4 Å². The van der Waals surface area contributed by atoms with Crippen LogP contribution in [0, 0.1) is 5.82 Å². The molecule has 0 spiro atoms. The van der Waals surface area contributed by atoms with E-state index in [1.54, 1.807) is 25.3 Å². The summed E-state index contributed by atoms with van der Waals surface area (Å²) in [6, 6.07) is 12.1. The number of hydrogen-bond donors (Lipinski definition) is 2. The number of nitrogens with one attached hydrogen (secondary N) is 2. The summed E-state index contributed by atoms with van der Waals surface area (Å²) in [6.45, 7) is 3.96. The highest BCUT2D eigenvalue weighted by Crippen LogP contribution is 2.07. The Morgan fingerprint density at radius 1 is 1.16 bits per heavy atom. The van der Waals surface area contributed by atoms with Gasteiger partial charge in [0.15, 0.2) is 5.96 Å². The molecule has 0 radical (unpaired) electrons. The second-order valence-corrected chi connectivity index (χ2v) is 5.17. The second-order valence-electron chi connectivity index (χ2n) is 5.17. The number of aromatic nitrogens is 1. The zero-order chi connectivity index (χ0) is 17.2. The van der Waals surface area contributed by atoms with E-state index in [1.807, 2.05) is 19.1 Å². The van der Waals surface area contributed by atoms with Crippen molar-refractivity contribution in [2.45, 2.75) is 19.9 Å². The van der Waals surface area contributed by atoms with Gasteiger partial charge in [0.1, 0.15) is 5.82 Å². The van der Waals surface area contributed by atoms with Gasteiger partial charge in [-0.1, -0.05) is 18.2 Å². The van der Waals surface area contributed by atoms with Crippen molar-refractivity contribution in [3.05, 3.63) is 59.5 Å². The number of aliphatic imine (C=N–C) groups is 1. The maximum absolute atomic E-state index is 12.9. The van der Waals surface area contributed by atoms with Crippen LogP contribution < -0.4 is 15.4 Å². The van der Waals surface area contributed by atoms with Crippen LogP contribution in [0.4, 0.5) is 4.39 Å². The summed E-state index contributed by atoms with van der Waals surface area (Å²) in [5.41, 5.74) is 1.92. The van der Waals surface area contributed by atoms with E-state index >= 15 is 0 Å². The van der Waals surface area contributed by atoms with Crippen LogP contribution in [0.15, 0.2) is 47.5 Å². The molecule has 1 heterocycles. The average molecular weight is 458 g/mol. The molecule has 5 nitrogen and oxygen atoms in total. The molecular formula is C18H24FIN4O. The summed E-state index contributed by atoms with van der Waals surface area (Å²) in [5, 5.41) is 6.47. The molecule has 136 valence electrons. The Kier molecular flexibility index (Phi) is 9.83. The van der Waals surface area contributed by atoms with Crippen molar-refractivity contribution in [3.63, 3.8) is 0 Å². The van der Waals surface area contributed by atoms with Crippen molar-refractivity contribution in [1.82, 2.24) is 15.6 Å². The molecule has 0 saturated carbocycles. The molecule has 0 atom stereocenters. The van der Waals surface area contributed by atoms with Crippen LogP contribution in [-0.2, 0) is 13.0 Å². The van der Waals surface area contributed by atoms with Crippen LogP contribution in [0.3, 0.4) is 0 Å². The molecular weight excluding hydrogens is 434 g/mol. The lowest BCUT2D eigenvalue weighted by Gasteiger charge is -2.11. The molecule has 0 aliphatic rings. The second kappa shape index (κ2) is 11.6. The predicted molar refractivity (Wildman–Crippen MR) is 109 cm³/mol. The summed E-state index contributed by atoms with van der Waals surface area (Å²) < 4.78 is 18.0. The first kappa shape index (κ1) is 21.1. The molecule has 2 rings (SSSR count). The van der Waals surface area contributed by atoms with Crippen molar-refractivity contribution < 1.29 is 9.13 Å². The minimum absolute atomic E-state index is 0. The van der Waals surface area contributed by atoms with Crippen LogP contribution in [0.2, 0.25) is 0 Å². The molecule has 0 aliphatic heterocycles. The number of methoxy groups -OCH3 is 1. The van der Waals surface area contributed by atoms with Crippen LogP contribution in [0.5, 0.6) is 5.88 Å². The van der Waals surface area contributed by atoms with Gasteiger partial charge in [0.05, 0.1) is 19.3 Å². The minimum Gasteiger partial charge on any atom is -0.481 e. The number of rotatable bonds is 7. The summed E-state index contributed by atoms with van der Waals surface area (Å²) in [6.07, 6.45) is 0.794. The highest BCUT2D eigenvalue weighted by molar-refractivity contribution is 14.0. The highest BCUT2D eigenvalue weighted by atomic mass is 127. The first-order chi connectivity index (χ1) is 11.7. The number of halogens is 2. The quantitative estimate of drug-likeness (QED) is 0.381. The monoisotopic (exact) mass is 458 g/mol. The lowest BCUT2D eigenvalue weighted by atomic mass is 10.1. The Morgan fingerprint density at radius 3 is 2.60 bits per heavy atom. The molecule has 2 aromatic rings. The topological polar surface area (TPSA) is 58.5 Å². The van der Waals surface area contributed by atoms with E-state index in [-0.39, 0.29) is 29.8 Å². The normalized spacial score (nSPS) is 10.8. The first-order valence-electron chi connectivity index (χ1n) is 7.98. The summed E-state index contributed by atoms with van der Waals surface area (Å²) in [7, 11) is 1.59. The maximum atomic E-state index is 12.9. The van der Waals surface area contributed by atoms with Gasteiger partial charge in [-0.3, -0.25) is 0 Å². The van der Waals surface area contributed by atoms with Gasteiger partial charge in [-0.15, -0.1) is 24.0 Å². The van der Waals surface area contributed by atoms with E-state index in [9.17, 15) is 4.39 Å². The molecule has 0 unspecified atom stereocenters. The number of ether oxygens (including phenoxy) is 1. The van der Waals surface area contributed by atoms with Crippen molar-refractivity contribution in [2.24, 2.45) is 4.99 Å². The van der Waals surface area contributed by atoms with Gasteiger partial charge in [0.2, 0.25) is 5.88 Å². The van der Waals surface area contributed by atoms with Gasteiger partial charge in [-0.05, 0) is 37.1 Å². The highest BCUT2D eigenvalue weighted by Gasteiger charge is 2.00. The molecule has 0 saturated heterocycles. The van der Waals surface area contributed by atoms with Crippen molar-refractivity contribution in [2.75, 3.05) is 20.2 Å². The van der Waals surface area contributed by atoms with Crippen molar-refractivity contribution in [3.8, 4) is 5.88 Å². The Bertz CT molecular complexity index is 664. The number of pyridine rings is 1. The zero-order valence-corrected chi connectivity index (χ0v) is 16.8. The smallest absolute Gasteiger partial charge is 0.213 e. The molecule has 0 aliphatic carbocycles. The Hall–Kier alpha value is -1.90. The van der Waals surface area contributed by atoms with Crippen LogP contribution in [0.25, 0.3) is 0 Å². The number of hydrogen-bond acceptors (Lipinski definition) is 3. The van der Waals surface area contributed by atoms with Crippen LogP contribution >= 0.6 is 24.0 Å². The number of benzene rings is 1. The van der Waals surface area contributed by atoms with Crippen molar-refractivity contribution >= 4 is 29.9 Å². The van der Waals surface area contributed by atoms with E-state index in [0.717, 1.165) is 30.2 Å². The number of nitrogens with zero attached hydrogens (tertiary/aromatic N) is 2. The minimum atomic E-state index is -0.215. The maximum Gasteiger partial charge on any atom is 0.213 e. The largest absolute Gasteiger partial charge is 0.481 e. The molecule has 2 N–H and O–H groups in total. The van der Waals surface area contributed by atoms with Gasteiger partial charge in [0.25, 0.3) is 0 Å². The molecule has 1 aromatic heterocycles. The van der Waals surface area contributed by atoms with E-state index in [0.29, 0.717) is 19.0 Å². The molecule has 0 bridgehead atoms. The predicted octanol–water partition coefficient (Wildman–Crippen LogP) is 3.15. The zero-order valence-electron chi connectivity index (χ0n) is 14.5. The fourth-order valence-corrected chi connectivity index (χ4v) is 2.14. The molecule has 0 amide bonds. The van der Waals surface area contributed by atoms with E-state index in [2.05, 4.69) is 20.6 Å². The third-order valence-electron chi connectivity index (χ3n) is 3.35. The lowest BCUT2D eigenvalue weighted by molar-refractivity contribution is 0.396. The fraction of sp³-hybridized carbons (Fsp3) is 0.333. The SMILES string of the molecule is CCNC(=NCc1cccc(OC)n1)NCCc1ccc(F)cc1.I. The molecule has 7 heteroatoms. The van der Waals surface area contributed by atoms with E-state index in [4.69, 9.17) is 4.74 Å². The van der Waals surface area contributed by atoms with Gasteiger partial charge in [-0.2, -0.15) is 0 Å². The van der Waals surface area contributed by atoms with Gasteiger partial charge >= 0.3 is 0 Å². The van der Waals surface area contributed by atoms with Gasteiger partial charge in [0, 0.05) is 19.2 Å². The van der Waals surface area contributed by atoms with Crippen LogP contribution in [0.1, 0.15) is 18.2 Å². The average Bonchev–Trinajstić information content (AvgIpc) is 2.61. The summed E-state index contributed by atoms with van der Waals surface area (Å²) in [4.78, 5) is 8.86. The Labute approximate surface area is 165 Å². The summed E-state index contributed by atoms with van der Waals surface area (Å²) >= 11 is 0. The van der Waals surface area contributed by atoms with E-state index in [1.165, 1.54) is 12.1 Å². The molecule has 25 heavy (non-hydrogen) atoms. The van der Waals surface area contributed by atoms with Crippen molar-refractivity contribution in [1.29, 1.82) is 0 Å². The molecule has 1 aromatic carbocycles. The third kappa shape index (κ3) is 7.68. The third-order valence-corrected chi connectivity index (χ3v) is 3.35. The lowest BCUT2D eigenvalue weighted by Crippen LogP contribution is -2.38. The first-order valence-corrected chi connectivity index (χ1v) is 7.98. The standard InChI is InChI=1S/C18H23FN4O.HI/c1-3-20-18(21-12-11-14-7-9-15(19)10-8-14)22-13-16-5-4-6-17(23-16)24-2;/h4-10H,3,11-13H2,1-2H3,(H2,20,21,22);1H. The number of guanidine groups is 1. The van der Waals surface area contributed by atoms with Crippen LogP contribution in [-0.4, -0.2) is 31.1 Å². The van der Waals surface area contributed by atoms with E-state index < -0.39 is 0 Å². The Balaban J connectivity index is 0.00000312. The van der Waals surface area contributed by atoms with Gasteiger partial charge in [-0.25, -0.2) is 14.4 Å². The summed E-state index contributed by atoms with van der Waals surface area (Å²) in [5.74, 6) is 1.09. The molecule has 0 fully saturated rings. The fourth-order valence-electron chi connectivity index (χ4n) is 2.14. The Morgan fingerprint density at radius 2 is 1.92 bits per heavy atom.